The van der Waals surface area contributed by atoms with Crippen LogP contribution in [0.15, 0.2) is 60.7 Å². The van der Waals surface area contributed by atoms with Crippen LogP contribution in [0.2, 0.25) is 0 Å². The molecule has 0 aromatic heterocycles. The number of unbranched alkanes of at least 4 members (excludes halogenated alkanes) is 1. The molecule has 0 fully saturated rings. The maximum atomic E-state index is 14.8. The summed E-state index contributed by atoms with van der Waals surface area (Å²) in [6.45, 7) is 2.00. The average Bonchev–Trinajstić information content (AvgIpc) is 2.92. The van der Waals surface area contributed by atoms with Crippen molar-refractivity contribution in [3.05, 3.63) is 118 Å². The average molecular weight is 644 g/mol. The van der Waals surface area contributed by atoms with E-state index in [0.717, 1.165) is 24.5 Å². The highest BCUT2D eigenvalue weighted by molar-refractivity contribution is 5.66. The van der Waals surface area contributed by atoms with E-state index in [1.807, 2.05) is 6.92 Å². The third-order valence-corrected chi connectivity index (χ3v) is 6.24. The summed E-state index contributed by atoms with van der Waals surface area (Å²) in [4.78, 5) is 0. The molecule has 0 atom stereocenters. The molecule has 0 saturated heterocycles. The second-order valence-electron chi connectivity index (χ2n) is 9.56. The van der Waals surface area contributed by atoms with Crippen LogP contribution in [0.5, 0.6) is 11.5 Å². The summed E-state index contributed by atoms with van der Waals surface area (Å²) in [7, 11) is 0. The van der Waals surface area contributed by atoms with Gasteiger partial charge in [0.05, 0.1) is 5.56 Å². The molecule has 4 rings (SSSR count). The predicted octanol–water partition coefficient (Wildman–Crippen LogP) is 9.96. The van der Waals surface area contributed by atoms with Gasteiger partial charge in [-0.05, 0) is 54.3 Å². The van der Waals surface area contributed by atoms with Gasteiger partial charge >= 0.3 is 12.5 Å². The maximum absolute atomic E-state index is 14.8. The summed E-state index contributed by atoms with van der Waals surface area (Å²) in [5, 5.41) is 0. The van der Waals surface area contributed by atoms with Crippen LogP contribution >= 0.6 is 0 Å². The van der Waals surface area contributed by atoms with Gasteiger partial charge in [0.25, 0.3) is 0 Å². The first-order valence-corrected chi connectivity index (χ1v) is 13.0. The Morgan fingerprint density at radius 1 is 0.644 bits per heavy atom. The number of alkyl halides is 5. The van der Waals surface area contributed by atoms with Crippen molar-refractivity contribution < 1.29 is 57.8 Å². The monoisotopic (exact) mass is 644 g/mol. The Morgan fingerprint density at radius 2 is 1.29 bits per heavy atom. The Kier molecular flexibility index (Phi) is 9.65. The number of halogens is 11. The third kappa shape index (κ3) is 8.06. The summed E-state index contributed by atoms with van der Waals surface area (Å²) in [6.07, 6.45) is -7.95. The van der Waals surface area contributed by atoms with Gasteiger partial charge in [0.1, 0.15) is 34.6 Å². The Morgan fingerprint density at radius 3 is 1.84 bits per heavy atom. The van der Waals surface area contributed by atoms with Crippen molar-refractivity contribution in [2.24, 2.45) is 0 Å². The quantitative estimate of drug-likeness (QED) is 0.140. The van der Waals surface area contributed by atoms with Crippen LogP contribution < -0.4 is 9.47 Å². The van der Waals surface area contributed by atoms with Crippen molar-refractivity contribution in [2.45, 2.75) is 38.7 Å². The van der Waals surface area contributed by atoms with Gasteiger partial charge in [-0.15, -0.1) is 13.2 Å². The molecule has 236 valence electrons. The van der Waals surface area contributed by atoms with E-state index in [9.17, 15) is 48.3 Å². The van der Waals surface area contributed by atoms with Gasteiger partial charge in [-0.1, -0.05) is 43.4 Å². The number of ether oxygens (including phenoxy) is 2. The smallest absolute Gasteiger partial charge is 0.429 e. The van der Waals surface area contributed by atoms with E-state index in [-0.39, 0.29) is 28.8 Å². The van der Waals surface area contributed by atoms with Crippen LogP contribution in [0.3, 0.4) is 0 Å². The number of hydrogen-bond donors (Lipinski definition) is 0. The van der Waals surface area contributed by atoms with Crippen LogP contribution in [0, 0.1) is 46.7 Å². The van der Waals surface area contributed by atoms with Crippen molar-refractivity contribution in [3.8, 4) is 34.5 Å². The molecule has 0 spiro atoms. The van der Waals surface area contributed by atoms with E-state index in [4.69, 9.17) is 0 Å². The van der Waals surface area contributed by atoms with Crippen LogP contribution in [-0.2, 0) is 12.5 Å². The van der Waals surface area contributed by atoms with Crippen molar-refractivity contribution in [1.29, 1.82) is 0 Å². The van der Waals surface area contributed by atoms with Crippen molar-refractivity contribution in [3.63, 3.8) is 0 Å². The van der Waals surface area contributed by atoms with E-state index in [2.05, 4.69) is 21.3 Å². The minimum atomic E-state index is -5.51. The Hall–Kier alpha value is -4.73. The molecule has 0 amide bonds. The second-order valence-corrected chi connectivity index (χ2v) is 9.56. The zero-order valence-electron chi connectivity index (χ0n) is 22.9. The highest BCUT2D eigenvalue weighted by atomic mass is 19.4. The Balaban J connectivity index is 1.55. The summed E-state index contributed by atoms with van der Waals surface area (Å²) in [5.41, 5.74) is -1.68. The zero-order chi connectivity index (χ0) is 33.1. The first kappa shape index (κ1) is 33.2. The van der Waals surface area contributed by atoms with Crippen LogP contribution in [0.4, 0.5) is 48.3 Å². The SMILES string of the molecule is CCCCc1ccc(-c2ccc(C#Cc3cc(F)c(C(F)(F)Oc4cc(F)c(OC(F)(F)F)c(F)c4)c(F)c3)c(F)c2)c(F)c1. The van der Waals surface area contributed by atoms with Gasteiger partial charge in [0, 0.05) is 23.3 Å². The zero-order valence-corrected chi connectivity index (χ0v) is 22.9. The van der Waals surface area contributed by atoms with Crippen molar-refractivity contribution in [1.82, 2.24) is 0 Å². The molecular weight excluding hydrogens is 625 g/mol. The molecule has 4 aromatic carbocycles. The number of rotatable bonds is 8. The van der Waals surface area contributed by atoms with Gasteiger partial charge in [-0.2, -0.15) is 8.78 Å². The summed E-state index contributed by atoms with van der Waals surface area (Å²) < 4.78 is 160. The van der Waals surface area contributed by atoms with E-state index < -0.39 is 70.0 Å². The van der Waals surface area contributed by atoms with Gasteiger partial charge in [0.2, 0.25) is 5.75 Å². The minimum absolute atomic E-state index is 0.107. The highest BCUT2D eigenvalue weighted by Gasteiger charge is 2.42. The van der Waals surface area contributed by atoms with Crippen LogP contribution in [-0.4, -0.2) is 6.36 Å². The molecule has 0 heterocycles. The first-order valence-electron chi connectivity index (χ1n) is 13.0. The molecule has 0 aliphatic carbocycles. The molecule has 0 radical (unpaired) electrons. The molecule has 4 aromatic rings. The van der Waals surface area contributed by atoms with Gasteiger partial charge < -0.3 is 9.47 Å². The third-order valence-electron chi connectivity index (χ3n) is 6.24. The lowest BCUT2D eigenvalue weighted by molar-refractivity contribution is -0.276. The largest absolute Gasteiger partial charge is 0.573 e. The maximum Gasteiger partial charge on any atom is 0.573 e. The van der Waals surface area contributed by atoms with Crippen molar-refractivity contribution >= 4 is 0 Å². The standard InChI is InChI=1S/C32H19F11O2/c1-2-3-4-17-6-10-22(24(34)11-17)20-9-8-19(23(33)14-20)7-5-18-12-25(35)29(26(36)13-18)31(39,40)44-21-15-27(37)30(28(38)16-21)45-32(41,42)43/h6,8-16H,2-4H2,1H3. The van der Waals surface area contributed by atoms with Crippen LogP contribution in [0.1, 0.15) is 42.0 Å². The highest BCUT2D eigenvalue weighted by Crippen LogP contribution is 2.38. The Labute approximate surface area is 249 Å². The molecule has 45 heavy (non-hydrogen) atoms. The number of benzene rings is 4. The van der Waals surface area contributed by atoms with Gasteiger partial charge in [-0.25, -0.2) is 26.3 Å². The topological polar surface area (TPSA) is 18.5 Å². The molecule has 13 heteroatoms. The fourth-order valence-corrected chi connectivity index (χ4v) is 4.18. The second kappa shape index (κ2) is 13.1. The molecule has 0 saturated carbocycles. The minimum Gasteiger partial charge on any atom is -0.429 e. The summed E-state index contributed by atoms with van der Waals surface area (Å²) >= 11 is 0. The lowest BCUT2D eigenvalue weighted by Crippen LogP contribution is -2.25. The molecule has 0 N–H and O–H groups in total. The first-order chi connectivity index (χ1) is 21.1. The Bertz CT molecular complexity index is 1740. The fraction of sp³-hybridized carbons (Fsp3) is 0.188. The summed E-state index contributed by atoms with van der Waals surface area (Å²) in [5.74, 6) is -8.35. The molecular formula is C32H19F11O2. The van der Waals surface area contributed by atoms with E-state index >= 15 is 0 Å². The molecule has 0 bridgehead atoms. The fourth-order valence-electron chi connectivity index (χ4n) is 4.18. The van der Waals surface area contributed by atoms with Crippen molar-refractivity contribution in [2.75, 3.05) is 0 Å². The molecule has 0 unspecified atom stereocenters. The normalized spacial score (nSPS) is 11.6. The molecule has 0 aliphatic heterocycles. The van der Waals surface area contributed by atoms with Gasteiger partial charge in [0.15, 0.2) is 11.6 Å². The molecule has 0 aliphatic rings. The lowest BCUT2D eigenvalue weighted by Gasteiger charge is -2.20. The van der Waals surface area contributed by atoms with E-state index in [1.54, 1.807) is 6.07 Å². The van der Waals surface area contributed by atoms with E-state index in [1.165, 1.54) is 24.3 Å². The summed E-state index contributed by atoms with van der Waals surface area (Å²) in [6, 6.07) is 8.65. The number of hydrogen-bond acceptors (Lipinski definition) is 2. The lowest BCUT2D eigenvalue weighted by atomic mass is 9.99. The number of aryl methyl sites for hydroxylation is 1. The van der Waals surface area contributed by atoms with E-state index in [0.29, 0.717) is 18.6 Å². The van der Waals surface area contributed by atoms with Gasteiger partial charge in [-0.3, -0.25) is 0 Å². The molecule has 2 nitrogen and oxygen atoms in total. The predicted molar refractivity (Wildman–Crippen MR) is 140 cm³/mol. The van der Waals surface area contributed by atoms with Crippen LogP contribution in [0.25, 0.3) is 11.1 Å².